The maximum Gasteiger partial charge on any atom is 0.240 e. The Bertz CT molecular complexity index is 242. The number of nitrogens with zero attached hydrogens (tertiary/aromatic N) is 1. The zero-order valence-electron chi connectivity index (χ0n) is 8.27. The third-order valence-electron chi connectivity index (χ3n) is 2.39. The van der Waals surface area contributed by atoms with Gasteiger partial charge in [0.15, 0.2) is 0 Å². The van der Waals surface area contributed by atoms with Gasteiger partial charge in [-0.3, -0.25) is 9.59 Å². The lowest BCUT2D eigenvalue weighted by Crippen LogP contribution is -2.43. The minimum atomic E-state index is -0.621. The summed E-state index contributed by atoms with van der Waals surface area (Å²) >= 11 is 0. The molecule has 0 aliphatic carbocycles. The van der Waals surface area contributed by atoms with E-state index in [-0.39, 0.29) is 18.9 Å². The van der Waals surface area contributed by atoms with Gasteiger partial charge >= 0.3 is 0 Å². The molecule has 0 bridgehead atoms. The fourth-order valence-corrected chi connectivity index (χ4v) is 1.72. The molecule has 0 saturated carbocycles. The number of rotatable bonds is 3. The highest BCUT2D eigenvalue weighted by Gasteiger charge is 2.36. The number of hydrogen-bond acceptors (Lipinski definition) is 3. The largest absolute Gasteiger partial charge is 0.391 e. The number of carbonyl (C=O) groups excluding carboxylic acids is 2. The van der Waals surface area contributed by atoms with Crippen LogP contribution in [-0.4, -0.2) is 40.5 Å². The summed E-state index contributed by atoms with van der Waals surface area (Å²) in [5.74, 6) is -0.640. The Hall–Kier alpha value is -1.10. The molecule has 5 heteroatoms. The van der Waals surface area contributed by atoms with Crippen LogP contribution in [-0.2, 0) is 9.59 Å². The summed E-state index contributed by atoms with van der Waals surface area (Å²) in [7, 11) is 0. The first-order valence-electron chi connectivity index (χ1n) is 4.83. The second-order valence-corrected chi connectivity index (χ2v) is 3.60. The Labute approximate surface area is 82.9 Å². The van der Waals surface area contributed by atoms with Crippen LogP contribution in [0.25, 0.3) is 0 Å². The van der Waals surface area contributed by atoms with Crippen LogP contribution in [0.2, 0.25) is 0 Å². The highest BCUT2D eigenvalue weighted by molar-refractivity contribution is 5.87. The van der Waals surface area contributed by atoms with Gasteiger partial charge in [0.25, 0.3) is 0 Å². The summed E-state index contributed by atoms with van der Waals surface area (Å²) < 4.78 is 0. The van der Waals surface area contributed by atoms with E-state index < -0.39 is 18.1 Å². The standard InChI is InChI=1S/C9H16N2O3/c1-2-3-8(13)11-5-6(12)4-7(11)9(10)14/h6-7,12H,2-5H2,1H3,(H2,10,14). The molecule has 0 radical (unpaired) electrons. The van der Waals surface area contributed by atoms with Crippen LogP contribution < -0.4 is 5.73 Å². The van der Waals surface area contributed by atoms with Gasteiger partial charge in [0.2, 0.25) is 11.8 Å². The number of primary amides is 1. The Morgan fingerprint density at radius 3 is 2.71 bits per heavy atom. The Kier molecular flexibility index (Phi) is 3.46. The molecule has 1 rings (SSSR count). The number of likely N-dealkylation sites (tertiary alicyclic amines) is 1. The van der Waals surface area contributed by atoms with Crippen molar-refractivity contribution in [3.05, 3.63) is 0 Å². The quantitative estimate of drug-likeness (QED) is 0.627. The van der Waals surface area contributed by atoms with Crippen LogP contribution in [0.1, 0.15) is 26.2 Å². The van der Waals surface area contributed by atoms with Crippen molar-refractivity contribution in [1.29, 1.82) is 0 Å². The van der Waals surface area contributed by atoms with Crippen LogP contribution in [0.15, 0.2) is 0 Å². The Balaban J connectivity index is 2.66. The van der Waals surface area contributed by atoms with Gasteiger partial charge in [-0.2, -0.15) is 0 Å². The molecule has 2 atom stereocenters. The molecule has 0 aromatic heterocycles. The summed E-state index contributed by atoms with van der Waals surface area (Å²) in [6, 6.07) is -0.621. The monoisotopic (exact) mass is 200 g/mol. The molecular weight excluding hydrogens is 184 g/mol. The van der Waals surface area contributed by atoms with Gasteiger partial charge in [-0.05, 0) is 6.42 Å². The molecule has 1 saturated heterocycles. The summed E-state index contributed by atoms with van der Waals surface area (Å²) in [4.78, 5) is 23.9. The van der Waals surface area contributed by atoms with Crippen LogP contribution in [0.5, 0.6) is 0 Å². The van der Waals surface area contributed by atoms with Crippen molar-refractivity contribution in [3.8, 4) is 0 Å². The van der Waals surface area contributed by atoms with Crippen LogP contribution in [0, 0.1) is 0 Å². The van der Waals surface area contributed by atoms with Gasteiger partial charge in [-0.15, -0.1) is 0 Å². The average Bonchev–Trinajstić information content (AvgIpc) is 2.48. The number of β-amino-alcohol motifs (C(OH)–C–C–N with tert-alkyl or cyclic N) is 1. The summed E-state index contributed by atoms with van der Waals surface area (Å²) in [6.45, 7) is 2.12. The highest BCUT2D eigenvalue weighted by atomic mass is 16.3. The lowest BCUT2D eigenvalue weighted by atomic mass is 10.2. The van der Waals surface area contributed by atoms with E-state index in [9.17, 15) is 14.7 Å². The van der Waals surface area contributed by atoms with Crippen LogP contribution in [0.3, 0.4) is 0 Å². The fraction of sp³-hybridized carbons (Fsp3) is 0.778. The van der Waals surface area contributed by atoms with Crippen molar-refractivity contribution in [3.63, 3.8) is 0 Å². The number of aliphatic hydroxyl groups excluding tert-OH is 1. The number of carbonyl (C=O) groups is 2. The lowest BCUT2D eigenvalue weighted by molar-refractivity contribution is -0.137. The molecule has 3 N–H and O–H groups in total. The number of nitrogens with two attached hydrogens (primary N) is 1. The molecule has 80 valence electrons. The van der Waals surface area contributed by atoms with E-state index in [1.165, 1.54) is 4.90 Å². The fourth-order valence-electron chi connectivity index (χ4n) is 1.72. The molecule has 0 spiro atoms. The zero-order chi connectivity index (χ0) is 10.7. The predicted octanol–water partition coefficient (Wildman–Crippen LogP) is -0.766. The Morgan fingerprint density at radius 1 is 1.57 bits per heavy atom. The van der Waals surface area contributed by atoms with Crippen molar-refractivity contribution < 1.29 is 14.7 Å². The molecule has 1 aliphatic rings. The van der Waals surface area contributed by atoms with E-state index in [0.29, 0.717) is 6.42 Å². The molecule has 14 heavy (non-hydrogen) atoms. The topological polar surface area (TPSA) is 83.6 Å². The van der Waals surface area contributed by atoms with Crippen LogP contribution in [0.4, 0.5) is 0 Å². The molecule has 0 aromatic carbocycles. The van der Waals surface area contributed by atoms with E-state index in [1.54, 1.807) is 0 Å². The van der Waals surface area contributed by atoms with Crippen molar-refractivity contribution in [1.82, 2.24) is 4.90 Å². The summed E-state index contributed by atoms with van der Waals surface area (Å²) in [5.41, 5.74) is 5.14. The first kappa shape index (κ1) is 11.0. The molecule has 1 aliphatic heterocycles. The van der Waals surface area contributed by atoms with Crippen molar-refractivity contribution in [2.45, 2.75) is 38.3 Å². The first-order valence-corrected chi connectivity index (χ1v) is 4.83. The summed E-state index contributed by atoms with van der Waals surface area (Å²) in [6.07, 6.45) is 0.784. The smallest absolute Gasteiger partial charge is 0.240 e. The summed E-state index contributed by atoms with van der Waals surface area (Å²) in [5, 5.41) is 9.33. The average molecular weight is 200 g/mol. The van der Waals surface area contributed by atoms with Gasteiger partial charge in [-0.25, -0.2) is 0 Å². The van der Waals surface area contributed by atoms with E-state index in [1.807, 2.05) is 6.92 Å². The minimum Gasteiger partial charge on any atom is -0.391 e. The Morgan fingerprint density at radius 2 is 2.21 bits per heavy atom. The maximum atomic E-state index is 11.5. The number of amides is 2. The molecule has 2 unspecified atom stereocenters. The third-order valence-corrected chi connectivity index (χ3v) is 2.39. The van der Waals surface area contributed by atoms with E-state index in [0.717, 1.165) is 6.42 Å². The minimum absolute atomic E-state index is 0.104. The predicted molar refractivity (Wildman–Crippen MR) is 50.2 cm³/mol. The second-order valence-electron chi connectivity index (χ2n) is 3.60. The molecule has 2 amide bonds. The normalized spacial score (nSPS) is 26.6. The number of hydrogen-bond donors (Lipinski definition) is 2. The van der Waals surface area contributed by atoms with E-state index in [2.05, 4.69) is 0 Å². The van der Waals surface area contributed by atoms with Crippen molar-refractivity contribution in [2.24, 2.45) is 5.73 Å². The van der Waals surface area contributed by atoms with Gasteiger partial charge in [0, 0.05) is 19.4 Å². The molecule has 1 fully saturated rings. The van der Waals surface area contributed by atoms with Crippen molar-refractivity contribution >= 4 is 11.8 Å². The SMILES string of the molecule is CCCC(=O)N1CC(O)CC1C(N)=O. The van der Waals surface area contributed by atoms with Gasteiger partial charge in [0.1, 0.15) is 6.04 Å². The second kappa shape index (κ2) is 4.41. The maximum absolute atomic E-state index is 11.5. The molecule has 1 heterocycles. The zero-order valence-corrected chi connectivity index (χ0v) is 8.27. The lowest BCUT2D eigenvalue weighted by Gasteiger charge is -2.21. The van der Waals surface area contributed by atoms with Gasteiger partial charge in [-0.1, -0.05) is 6.92 Å². The van der Waals surface area contributed by atoms with E-state index >= 15 is 0 Å². The highest BCUT2D eigenvalue weighted by Crippen LogP contribution is 2.18. The van der Waals surface area contributed by atoms with Gasteiger partial charge in [0.05, 0.1) is 6.10 Å². The molecular formula is C9H16N2O3. The van der Waals surface area contributed by atoms with Gasteiger partial charge < -0.3 is 15.7 Å². The van der Waals surface area contributed by atoms with Crippen LogP contribution >= 0.6 is 0 Å². The first-order chi connectivity index (χ1) is 6.56. The third kappa shape index (κ3) is 2.23. The van der Waals surface area contributed by atoms with Crippen molar-refractivity contribution in [2.75, 3.05) is 6.54 Å². The molecule has 5 nitrogen and oxygen atoms in total. The molecule has 0 aromatic rings. The van der Waals surface area contributed by atoms with E-state index in [4.69, 9.17) is 5.73 Å². The number of aliphatic hydroxyl groups is 1.